The Morgan fingerprint density at radius 3 is 0.791 bits per heavy atom. The van der Waals surface area contributed by atoms with Crippen LogP contribution in [0.5, 0.6) is 0 Å². The van der Waals surface area contributed by atoms with Crippen LogP contribution in [0.4, 0.5) is 45.5 Å². The summed E-state index contributed by atoms with van der Waals surface area (Å²) in [7, 11) is 0. The van der Waals surface area contributed by atoms with Gasteiger partial charge in [0.25, 0.3) is 0 Å². The summed E-state index contributed by atoms with van der Waals surface area (Å²) in [6.45, 7) is 10.9. The van der Waals surface area contributed by atoms with E-state index in [1.165, 1.54) is 101 Å². The Labute approximate surface area is 561 Å². The van der Waals surface area contributed by atoms with Crippen LogP contribution in [0.15, 0.2) is 318 Å². The summed E-state index contributed by atoms with van der Waals surface area (Å²) < 4.78 is 3.31. The first-order valence-electron chi connectivity index (χ1n) is 26.9. The van der Waals surface area contributed by atoms with E-state index >= 15 is 0 Å². The molecular formula is C77H59BBr4MgN3. The molecule has 0 bridgehead atoms. The minimum absolute atomic E-state index is 0. The Morgan fingerprint density at radius 1 is 0.302 bits per heavy atom. The van der Waals surface area contributed by atoms with E-state index in [0.717, 1.165) is 30.4 Å². The van der Waals surface area contributed by atoms with Crippen molar-refractivity contribution >= 4 is 131 Å². The van der Waals surface area contributed by atoms with Crippen molar-refractivity contribution in [3.63, 3.8) is 0 Å². The molecule has 0 saturated carbocycles. The largest absolute Gasteiger partial charge is 2.00 e. The molecule has 0 fully saturated rings. The molecule has 0 saturated heterocycles. The zero-order chi connectivity index (χ0) is 56.4. The maximum absolute atomic E-state index is 4.25. The van der Waals surface area contributed by atoms with Crippen LogP contribution in [0.25, 0.3) is 72.8 Å². The standard InChI is InChI=1S/C26H19N.C24H16BrN.C18H13N.C6H4Br2.C2H3.CH4.B.BrH.Mg/c1-2-19-15-17-20(18-16-19)27-25-13-7-5-11-23(25)21-9-3-4-10-22(21)24-12-6-8-14-26(24)27;25-17-13-15-18(16-14-17)26-23-11-5-3-9-21(23)19-7-1-2-8-20(19)22-10-4-6-12-24(22)26;1-2-8-14-13(7-1)15-9-3-5-11-17(15)19-18-12-6-4-10-16(14)18;7-5-1-2-6(8)4-3-5;1-2;;;;/h2-18H,1H2;1-16H;1-12,19H;1-4H;1H,2H2;1H4;;1H;/q;;;;-1;;;;+2/p-1. The van der Waals surface area contributed by atoms with Crippen molar-refractivity contribution in [2.75, 3.05) is 15.1 Å². The smallest absolute Gasteiger partial charge is 1.00 e. The van der Waals surface area contributed by atoms with Crippen LogP contribution >= 0.6 is 47.8 Å². The number of rotatable bonds is 3. The van der Waals surface area contributed by atoms with Crippen LogP contribution in [0.3, 0.4) is 0 Å². The van der Waals surface area contributed by atoms with Gasteiger partial charge in [0.15, 0.2) is 0 Å². The average molecular weight is 1380 g/mol. The first-order chi connectivity index (χ1) is 40.4. The summed E-state index contributed by atoms with van der Waals surface area (Å²) in [4.78, 5) is 4.72. The Bertz CT molecular complexity index is 3990. The fraction of sp³-hybridized carbons (Fsp3) is 0.0130. The first kappa shape index (κ1) is 65.8. The van der Waals surface area contributed by atoms with Crippen molar-refractivity contribution in [2.45, 2.75) is 7.43 Å². The molecule has 0 aromatic heterocycles. The Kier molecular flexibility index (Phi) is 23.8. The number of halogens is 4. The third kappa shape index (κ3) is 14.1. The molecule has 3 nitrogen and oxygen atoms in total. The number of benzene rings is 12. The molecule has 86 heavy (non-hydrogen) atoms. The van der Waals surface area contributed by atoms with E-state index in [1.807, 2.05) is 30.3 Å². The molecule has 415 valence electrons. The molecule has 3 aliphatic heterocycles. The Hall–Kier alpha value is -7.73. The summed E-state index contributed by atoms with van der Waals surface area (Å²) in [6.07, 6.45) is 1.88. The van der Waals surface area contributed by atoms with Crippen molar-refractivity contribution in [1.29, 1.82) is 0 Å². The summed E-state index contributed by atoms with van der Waals surface area (Å²) in [5, 5.41) is 3.55. The van der Waals surface area contributed by atoms with Gasteiger partial charge in [0, 0.05) is 78.0 Å². The molecule has 12 aromatic rings. The van der Waals surface area contributed by atoms with E-state index in [2.05, 4.69) is 350 Å². The fourth-order valence-electron chi connectivity index (χ4n) is 10.8. The quantitative estimate of drug-likeness (QED) is 0.140. The monoisotopic (exact) mass is 1380 g/mol. The van der Waals surface area contributed by atoms with Crippen molar-refractivity contribution < 1.29 is 17.0 Å². The molecule has 1 N–H and O–H groups in total. The van der Waals surface area contributed by atoms with E-state index < -0.39 is 0 Å². The van der Waals surface area contributed by atoms with Crippen LogP contribution in [0.1, 0.15) is 13.0 Å². The number of hydrogen-bond acceptors (Lipinski definition) is 3. The van der Waals surface area contributed by atoms with Crippen molar-refractivity contribution in [1.82, 2.24) is 0 Å². The second-order valence-electron chi connectivity index (χ2n) is 19.3. The molecule has 3 radical (unpaired) electrons. The SMILES string of the molecule is Brc1ccc(Br)cc1.Brc1ccc(N2c3ccccc3-c3ccccc3-c3ccccc32)cc1.C.C=Cc1ccc(N2c3ccccc3-c3ccccc3-c3ccccc32)cc1.[B].[Br-].[CH-]=C.[Mg+2].c1ccc2c(c1)Nc1ccccc1-c1ccccc1-2. The Balaban J connectivity index is 0.000000169. The molecule has 9 heteroatoms. The van der Waals surface area contributed by atoms with Gasteiger partial charge in [-0.3, -0.25) is 6.58 Å². The van der Waals surface area contributed by atoms with Gasteiger partial charge in [0.2, 0.25) is 0 Å². The number of hydrogen-bond donors (Lipinski definition) is 1. The maximum Gasteiger partial charge on any atom is 2.00 e. The zero-order valence-corrected chi connectivity index (χ0v) is 54.2. The topological polar surface area (TPSA) is 18.5 Å². The molecule has 0 atom stereocenters. The second-order valence-corrected chi connectivity index (χ2v) is 22.0. The summed E-state index contributed by atoms with van der Waals surface area (Å²) in [5.41, 5.74) is 25.7. The average Bonchev–Trinajstić information content (AvgIpc) is 1.91. The second kappa shape index (κ2) is 31.1. The normalized spacial score (nSPS) is 10.8. The van der Waals surface area contributed by atoms with E-state index in [1.54, 1.807) is 0 Å². The maximum atomic E-state index is 4.25. The minimum Gasteiger partial charge on any atom is -1.00 e. The van der Waals surface area contributed by atoms with Crippen molar-refractivity contribution in [2.24, 2.45) is 0 Å². The number of anilines is 8. The number of fused-ring (bicyclic) bond motifs is 15. The zero-order valence-electron chi connectivity index (χ0n) is 46.5. The van der Waals surface area contributed by atoms with Gasteiger partial charge in [-0.15, -0.1) is 0 Å². The van der Waals surface area contributed by atoms with Crippen LogP contribution in [0.2, 0.25) is 0 Å². The third-order valence-electron chi connectivity index (χ3n) is 14.5. The van der Waals surface area contributed by atoms with Gasteiger partial charge >= 0.3 is 23.1 Å². The summed E-state index contributed by atoms with van der Waals surface area (Å²) >= 11 is 10.2. The molecule has 3 heterocycles. The van der Waals surface area contributed by atoms with Crippen LogP contribution < -0.4 is 32.1 Å². The molecule has 0 aliphatic carbocycles. The van der Waals surface area contributed by atoms with Crippen LogP contribution in [-0.2, 0) is 0 Å². The van der Waals surface area contributed by atoms with E-state index in [0.29, 0.717) is 0 Å². The van der Waals surface area contributed by atoms with E-state index in [9.17, 15) is 0 Å². The van der Waals surface area contributed by atoms with Gasteiger partial charge in [0.05, 0.1) is 22.7 Å². The molecule has 0 unspecified atom stereocenters. The van der Waals surface area contributed by atoms with Gasteiger partial charge in [-0.25, -0.2) is 0 Å². The van der Waals surface area contributed by atoms with Gasteiger partial charge < -0.3 is 38.7 Å². The molecule has 0 amide bonds. The minimum atomic E-state index is 0. The Morgan fingerprint density at radius 2 is 0.512 bits per heavy atom. The molecular weight excluding hydrogens is 1320 g/mol. The molecule has 3 aliphatic rings. The van der Waals surface area contributed by atoms with Gasteiger partial charge in [0.1, 0.15) is 0 Å². The van der Waals surface area contributed by atoms with Gasteiger partial charge in [-0.1, -0.05) is 262 Å². The van der Waals surface area contributed by atoms with Crippen LogP contribution in [0, 0.1) is 6.58 Å². The van der Waals surface area contributed by atoms with E-state index in [4.69, 9.17) is 0 Å². The van der Waals surface area contributed by atoms with Crippen molar-refractivity contribution in [3.05, 3.63) is 330 Å². The van der Waals surface area contributed by atoms with Crippen molar-refractivity contribution in [3.8, 4) is 66.8 Å². The molecule has 15 rings (SSSR count). The molecule has 12 aromatic carbocycles. The number of nitrogens with zero attached hydrogens (tertiary/aromatic N) is 2. The molecule has 0 spiro atoms. The summed E-state index contributed by atoms with van der Waals surface area (Å²) in [5.74, 6) is 0. The number of nitrogens with one attached hydrogen (secondary N) is 1. The predicted molar refractivity (Wildman–Crippen MR) is 380 cm³/mol. The number of para-hydroxylation sites is 6. The third-order valence-corrected chi connectivity index (χ3v) is 16.1. The summed E-state index contributed by atoms with van der Waals surface area (Å²) in [6, 6.07) is 102. The predicted octanol–water partition coefficient (Wildman–Crippen LogP) is 20.8. The van der Waals surface area contributed by atoms with Gasteiger partial charge in [-0.05, 0) is 136 Å². The van der Waals surface area contributed by atoms with Crippen LogP contribution in [-0.4, -0.2) is 31.5 Å². The fourth-order valence-corrected chi connectivity index (χ4v) is 11.6. The van der Waals surface area contributed by atoms with E-state index in [-0.39, 0.29) is 55.9 Å². The first-order valence-corrected chi connectivity index (χ1v) is 29.3. The van der Waals surface area contributed by atoms with Gasteiger partial charge in [-0.2, -0.15) is 0 Å².